The van der Waals surface area contributed by atoms with Crippen molar-refractivity contribution >= 4 is 27.3 Å². The maximum Gasteiger partial charge on any atom is 0.243 e. The normalized spacial score (nSPS) is 16.0. The van der Waals surface area contributed by atoms with Gasteiger partial charge in [-0.15, -0.1) is 11.3 Å². The Balaban J connectivity index is 1.41. The highest BCUT2D eigenvalue weighted by Gasteiger charge is 2.32. The van der Waals surface area contributed by atoms with E-state index in [0.717, 1.165) is 35.5 Å². The van der Waals surface area contributed by atoms with Crippen molar-refractivity contribution < 1.29 is 13.2 Å². The number of nitrogens with zero attached hydrogens (tertiary/aromatic N) is 2. The molecule has 1 aromatic carbocycles. The summed E-state index contributed by atoms with van der Waals surface area (Å²) in [5.74, 6) is 0.294. The Hall–Kier alpha value is -1.77. The summed E-state index contributed by atoms with van der Waals surface area (Å²) < 4.78 is 27.4. The van der Waals surface area contributed by atoms with Crippen LogP contribution < -0.4 is 5.32 Å². The molecule has 0 aliphatic carbocycles. The third kappa shape index (κ3) is 6.37. The zero-order valence-electron chi connectivity index (χ0n) is 18.6. The molecule has 1 aliphatic heterocycles. The van der Waals surface area contributed by atoms with Crippen molar-refractivity contribution in [2.75, 3.05) is 19.6 Å². The molecule has 1 aliphatic rings. The fraction of sp³-hybridized carbons (Fsp3) is 0.565. The minimum absolute atomic E-state index is 0.0448. The number of benzene rings is 1. The van der Waals surface area contributed by atoms with Crippen LogP contribution in [0.3, 0.4) is 0 Å². The average molecular weight is 464 g/mol. The molecule has 0 saturated carbocycles. The predicted octanol–water partition coefficient (Wildman–Crippen LogP) is 4.11. The highest BCUT2D eigenvalue weighted by atomic mass is 32.2. The second-order valence-electron chi connectivity index (χ2n) is 8.53. The molecule has 0 atom stereocenters. The number of aryl methyl sites for hydroxylation is 2. The number of carbonyl (C=O) groups excluding carboxylic acids is 1. The first-order valence-electron chi connectivity index (χ1n) is 11.1. The Labute approximate surface area is 190 Å². The van der Waals surface area contributed by atoms with Crippen LogP contribution in [0.1, 0.15) is 61.7 Å². The second kappa shape index (κ2) is 10.7. The number of hydrogen-bond donors (Lipinski definition) is 1. The van der Waals surface area contributed by atoms with Crippen molar-refractivity contribution in [3.05, 3.63) is 45.9 Å². The lowest BCUT2D eigenvalue weighted by molar-refractivity contribution is -0.126. The number of nitrogens with one attached hydrogen (secondary N) is 1. The van der Waals surface area contributed by atoms with E-state index in [-0.39, 0.29) is 11.8 Å². The number of piperidine rings is 1. The predicted molar refractivity (Wildman–Crippen MR) is 125 cm³/mol. The van der Waals surface area contributed by atoms with Crippen molar-refractivity contribution in [1.29, 1.82) is 0 Å². The molecule has 0 radical (unpaired) electrons. The van der Waals surface area contributed by atoms with E-state index in [1.165, 1.54) is 4.31 Å². The zero-order valence-corrected chi connectivity index (χ0v) is 20.3. The van der Waals surface area contributed by atoms with Gasteiger partial charge in [-0.25, -0.2) is 13.4 Å². The molecule has 1 fully saturated rings. The Morgan fingerprint density at radius 1 is 1.19 bits per heavy atom. The first kappa shape index (κ1) is 23.9. The van der Waals surface area contributed by atoms with Gasteiger partial charge in [0.05, 0.1) is 9.90 Å². The molecule has 2 aromatic rings. The Morgan fingerprint density at radius 3 is 2.45 bits per heavy atom. The van der Waals surface area contributed by atoms with Gasteiger partial charge in [0.25, 0.3) is 0 Å². The van der Waals surface area contributed by atoms with Gasteiger partial charge in [0.15, 0.2) is 0 Å². The molecule has 1 amide bonds. The van der Waals surface area contributed by atoms with E-state index >= 15 is 0 Å². The van der Waals surface area contributed by atoms with Gasteiger partial charge >= 0.3 is 0 Å². The standard InChI is InChI=1S/C23H33N3O3S2/c1-17(2)19-7-9-21(10-8-19)31(28,29)26-14-11-20(12-15-26)23(27)24-13-5-4-6-22-25-18(3)16-30-22/h7-10,16-17,20H,4-6,11-15H2,1-3H3,(H,24,27). The fourth-order valence-electron chi connectivity index (χ4n) is 3.81. The zero-order chi connectivity index (χ0) is 22.4. The number of aromatic nitrogens is 1. The lowest BCUT2D eigenvalue weighted by Crippen LogP contribution is -2.43. The van der Waals surface area contributed by atoms with E-state index < -0.39 is 10.0 Å². The van der Waals surface area contributed by atoms with Gasteiger partial charge in [-0.3, -0.25) is 4.79 Å². The van der Waals surface area contributed by atoms with Crippen LogP contribution in [0.5, 0.6) is 0 Å². The maximum atomic E-state index is 12.9. The summed E-state index contributed by atoms with van der Waals surface area (Å²) in [7, 11) is -3.51. The Kier molecular flexibility index (Phi) is 8.24. The van der Waals surface area contributed by atoms with Crippen LogP contribution >= 0.6 is 11.3 Å². The van der Waals surface area contributed by atoms with Gasteiger partial charge in [-0.1, -0.05) is 26.0 Å². The lowest BCUT2D eigenvalue weighted by atomic mass is 9.97. The molecule has 1 N–H and O–H groups in total. The molecule has 170 valence electrons. The summed E-state index contributed by atoms with van der Waals surface area (Å²) in [6, 6.07) is 7.15. The number of unbranched alkanes of at least 4 members (excludes halogenated alkanes) is 1. The SMILES string of the molecule is Cc1csc(CCCCNC(=O)C2CCN(S(=O)(=O)c3ccc(C(C)C)cc3)CC2)n1. The van der Waals surface area contributed by atoms with E-state index in [0.29, 0.717) is 43.3 Å². The quantitative estimate of drug-likeness (QED) is 0.568. The van der Waals surface area contributed by atoms with Crippen LogP contribution in [0.2, 0.25) is 0 Å². The number of sulfonamides is 1. The highest BCUT2D eigenvalue weighted by molar-refractivity contribution is 7.89. The van der Waals surface area contributed by atoms with Gasteiger partial charge in [0.1, 0.15) is 0 Å². The third-order valence-electron chi connectivity index (χ3n) is 5.79. The van der Waals surface area contributed by atoms with Crippen LogP contribution in [0.25, 0.3) is 0 Å². The minimum Gasteiger partial charge on any atom is -0.356 e. The lowest BCUT2D eigenvalue weighted by Gasteiger charge is -2.30. The number of amides is 1. The highest BCUT2D eigenvalue weighted by Crippen LogP contribution is 2.25. The molecule has 8 heteroatoms. The number of thiazole rings is 1. The average Bonchev–Trinajstić information content (AvgIpc) is 3.18. The third-order valence-corrected chi connectivity index (χ3v) is 8.73. The van der Waals surface area contributed by atoms with E-state index in [1.807, 2.05) is 19.1 Å². The van der Waals surface area contributed by atoms with Crippen molar-refractivity contribution in [1.82, 2.24) is 14.6 Å². The Morgan fingerprint density at radius 2 is 1.87 bits per heavy atom. The number of hydrogen-bond acceptors (Lipinski definition) is 5. The van der Waals surface area contributed by atoms with Gasteiger partial charge in [-0.05, 0) is 62.6 Å². The molecule has 2 heterocycles. The van der Waals surface area contributed by atoms with Crippen LogP contribution in [-0.2, 0) is 21.2 Å². The summed E-state index contributed by atoms with van der Waals surface area (Å²) in [4.78, 5) is 17.3. The van der Waals surface area contributed by atoms with E-state index in [2.05, 4.69) is 29.5 Å². The number of rotatable bonds is 9. The summed E-state index contributed by atoms with van der Waals surface area (Å²) >= 11 is 1.69. The summed E-state index contributed by atoms with van der Waals surface area (Å²) in [6.45, 7) is 7.59. The molecule has 1 aromatic heterocycles. The van der Waals surface area contributed by atoms with E-state index in [1.54, 1.807) is 23.5 Å². The van der Waals surface area contributed by atoms with Crippen molar-refractivity contribution in [2.24, 2.45) is 5.92 Å². The van der Waals surface area contributed by atoms with Crippen molar-refractivity contribution in [2.45, 2.75) is 63.7 Å². The molecule has 31 heavy (non-hydrogen) atoms. The van der Waals surface area contributed by atoms with Crippen LogP contribution in [0, 0.1) is 12.8 Å². The molecular weight excluding hydrogens is 430 g/mol. The minimum atomic E-state index is -3.51. The maximum absolute atomic E-state index is 12.9. The van der Waals surface area contributed by atoms with Gasteiger partial charge < -0.3 is 5.32 Å². The topological polar surface area (TPSA) is 79.4 Å². The largest absolute Gasteiger partial charge is 0.356 e. The molecule has 0 unspecified atom stereocenters. The molecule has 6 nitrogen and oxygen atoms in total. The van der Waals surface area contributed by atoms with Crippen molar-refractivity contribution in [3.8, 4) is 0 Å². The first-order valence-corrected chi connectivity index (χ1v) is 13.4. The van der Waals surface area contributed by atoms with Gasteiger partial charge in [-0.2, -0.15) is 4.31 Å². The molecule has 1 saturated heterocycles. The molecular formula is C23H33N3O3S2. The van der Waals surface area contributed by atoms with Crippen molar-refractivity contribution in [3.63, 3.8) is 0 Å². The van der Waals surface area contributed by atoms with Gasteiger partial charge in [0, 0.05) is 36.6 Å². The van der Waals surface area contributed by atoms with Crippen LogP contribution in [0.4, 0.5) is 0 Å². The Bertz CT molecular complexity index is 960. The number of carbonyl (C=O) groups is 1. The first-order chi connectivity index (χ1) is 14.8. The van der Waals surface area contributed by atoms with Crippen LogP contribution in [0.15, 0.2) is 34.5 Å². The van der Waals surface area contributed by atoms with Crippen LogP contribution in [-0.4, -0.2) is 43.2 Å². The van der Waals surface area contributed by atoms with E-state index in [4.69, 9.17) is 0 Å². The summed E-state index contributed by atoms with van der Waals surface area (Å²) in [6.07, 6.45) is 3.99. The second-order valence-corrected chi connectivity index (χ2v) is 11.4. The molecule has 0 spiro atoms. The monoisotopic (exact) mass is 463 g/mol. The fourth-order valence-corrected chi connectivity index (χ4v) is 6.09. The molecule has 3 rings (SSSR count). The van der Waals surface area contributed by atoms with Gasteiger partial charge in [0.2, 0.25) is 15.9 Å². The van der Waals surface area contributed by atoms with E-state index in [9.17, 15) is 13.2 Å². The smallest absolute Gasteiger partial charge is 0.243 e. The molecule has 0 bridgehead atoms. The summed E-state index contributed by atoms with van der Waals surface area (Å²) in [5, 5.41) is 6.23. The summed E-state index contributed by atoms with van der Waals surface area (Å²) in [5.41, 5.74) is 2.19.